The molecule has 2 unspecified atom stereocenters. The highest BCUT2D eigenvalue weighted by atomic mass is 35.5. The van der Waals surface area contributed by atoms with Crippen molar-refractivity contribution < 1.29 is 13.9 Å². The van der Waals surface area contributed by atoms with Gasteiger partial charge in [-0.1, -0.05) is 6.07 Å². The van der Waals surface area contributed by atoms with E-state index in [1.54, 1.807) is 12.1 Å². The second-order valence-electron chi connectivity index (χ2n) is 4.83. The minimum Gasteiger partial charge on any atom is -0.491 e. The highest BCUT2D eigenvalue weighted by molar-refractivity contribution is 5.85. The van der Waals surface area contributed by atoms with Gasteiger partial charge in [-0.15, -0.1) is 12.4 Å². The van der Waals surface area contributed by atoms with Gasteiger partial charge in [0.2, 0.25) is 5.91 Å². The average molecular weight is 303 g/mol. The molecule has 4 nitrogen and oxygen atoms in total. The van der Waals surface area contributed by atoms with Crippen LogP contribution in [0, 0.1) is 5.82 Å². The van der Waals surface area contributed by atoms with Crippen LogP contribution in [0.3, 0.4) is 0 Å². The average Bonchev–Trinajstić information content (AvgIpc) is 2.90. The summed E-state index contributed by atoms with van der Waals surface area (Å²) in [5.41, 5.74) is 0. The molecular weight excluding hydrogens is 283 g/mol. The topological polar surface area (TPSA) is 50.4 Å². The Morgan fingerprint density at radius 1 is 1.60 bits per heavy atom. The molecule has 2 rings (SSSR count). The molecule has 0 radical (unpaired) electrons. The van der Waals surface area contributed by atoms with Crippen molar-refractivity contribution in [3.63, 3.8) is 0 Å². The largest absolute Gasteiger partial charge is 0.491 e. The first kappa shape index (κ1) is 16.7. The van der Waals surface area contributed by atoms with Crippen molar-refractivity contribution in [3.8, 4) is 5.75 Å². The summed E-state index contributed by atoms with van der Waals surface area (Å²) < 4.78 is 18.4. The number of ether oxygens (including phenoxy) is 1. The highest BCUT2D eigenvalue weighted by Gasteiger charge is 2.22. The second kappa shape index (κ2) is 8.07. The Hall–Kier alpha value is -1.33. The smallest absolute Gasteiger partial charge is 0.237 e. The van der Waals surface area contributed by atoms with Gasteiger partial charge in [0, 0.05) is 6.07 Å². The fourth-order valence-electron chi connectivity index (χ4n) is 2.07. The number of carbonyl (C=O) groups is 1. The summed E-state index contributed by atoms with van der Waals surface area (Å²) in [5, 5.41) is 6.03. The maximum atomic E-state index is 12.9. The van der Waals surface area contributed by atoms with Crippen molar-refractivity contribution in [2.45, 2.75) is 31.8 Å². The van der Waals surface area contributed by atoms with Crippen molar-refractivity contribution in [2.75, 3.05) is 13.2 Å². The Kier molecular flexibility index (Phi) is 6.75. The van der Waals surface area contributed by atoms with Crippen LogP contribution in [0.4, 0.5) is 4.39 Å². The van der Waals surface area contributed by atoms with Gasteiger partial charge in [-0.05, 0) is 38.4 Å². The van der Waals surface area contributed by atoms with Crippen LogP contribution in [0.1, 0.15) is 19.8 Å². The van der Waals surface area contributed by atoms with Gasteiger partial charge in [-0.2, -0.15) is 0 Å². The Balaban J connectivity index is 0.00000200. The van der Waals surface area contributed by atoms with Gasteiger partial charge in [0.25, 0.3) is 0 Å². The van der Waals surface area contributed by atoms with Crippen molar-refractivity contribution in [1.82, 2.24) is 10.6 Å². The van der Waals surface area contributed by atoms with Gasteiger partial charge < -0.3 is 15.4 Å². The molecule has 1 aliphatic heterocycles. The first-order chi connectivity index (χ1) is 9.15. The van der Waals surface area contributed by atoms with Gasteiger partial charge in [0.05, 0.1) is 12.1 Å². The molecule has 1 aliphatic rings. The molecule has 0 spiro atoms. The number of hydrogen-bond acceptors (Lipinski definition) is 3. The van der Waals surface area contributed by atoms with Crippen molar-refractivity contribution >= 4 is 18.3 Å². The molecule has 1 fully saturated rings. The summed E-state index contributed by atoms with van der Waals surface area (Å²) in [5.74, 6) is 0.150. The first-order valence-corrected chi connectivity index (χ1v) is 6.57. The molecule has 1 amide bonds. The van der Waals surface area contributed by atoms with Gasteiger partial charge >= 0.3 is 0 Å². The van der Waals surface area contributed by atoms with Crippen molar-refractivity contribution in [2.24, 2.45) is 0 Å². The van der Waals surface area contributed by atoms with E-state index in [2.05, 4.69) is 10.6 Å². The molecule has 1 heterocycles. The normalized spacial score (nSPS) is 19.0. The highest BCUT2D eigenvalue weighted by Crippen LogP contribution is 2.12. The van der Waals surface area contributed by atoms with Crippen LogP contribution in [0.2, 0.25) is 0 Å². The van der Waals surface area contributed by atoms with Crippen LogP contribution >= 0.6 is 12.4 Å². The molecule has 0 aliphatic carbocycles. The molecule has 2 N–H and O–H groups in total. The van der Waals surface area contributed by atoms with E-state index in [0.29, 0.717) is 12.4 Å². The molecule has 0 aromatic heterocycles. The lowest BCUT2D eigenvalue weighted by Gasteiger charge is -2.17. The van der Waals surface area contributed by atoms with Crippen LogP contribution in [0.15, 0.2) is 24.3 Å². The van der Waals surface area contributed by atoms with Gasteiger partial charge in [-0.25, -0.2) is 4.39 Å². The lowest BCUT2D eigenvalue weighted by atomic mass is 10.2. The minimum atomic E-state index is -0.329. The molecule has 112 valence electrons. The molecule has 1 saturated heterocycles. The summed E-state index contributed by atoms with van der Waals surface area (Å²) in [6.07, 6.45) is 1.91. The molecule has 0 bridgehead atoms. The summed E-state index contributed by atoms with van der Waals surface area (Å²) in [4.78, 5) is 11.8. The number of rotatable bonds is 5. The fourth-order valence-corrected chi connectivity index (χ4v) is 2.07. The van der Waals surface area contributed by atoms with Crippen molar-refractivity contribution in [3.05, 3.63) is 30.1 Å². The van der Waals surface area contributed by atoms with Gasteiger partial charge in [0.15, 0.2) is 0 Å². The molecule has 2 atom stereocenters. The predicted octanol–water partition coefficient (Wildman–Crippen LogP) is 1.88. The summed E-state index contributed by atoms with van der Waals surface area (Å²) in [7, 11) is 0. The zero-order chi connectivity index (χ0) is 13.7. The number of halogens is 2. The molecular formula is C14H20ClFN2O2. The van der Waals surface area contributed by atoms with Crippen molar-refractivity contribution in [1.29, 1.82) is 0 Å². The molecule has 6 heteroatoms. The third kappa shape index (κ3) is 4.98. The SMILES string of the molecule is CC(COc1cccc(F)c1)NC(=O)C1CCCN1.Cl. The number of amides is 1. The van der Waals surface area contributed by atoms with Crippen LogP contribution in [-0.2, 0) is 4.79 Å². The summed E-state index contributed by atoms with van der Waals surface area (Å²) in [6, 6.07) is 5.78. The van der Waals surface area contributed by atoms with E-state index in [4.69, 9.17) is 4.74 Å². The Morgan fingerprint density at radius 2 is 2.40 bits per heavy atom. The summed E-state index contributed by atoms with van der Waals surface area (Å²) in [6.45, 7) is 3.08. The van der Waals surface area contributed by atoms with E-state index in [-0.39, 0.29) is 36.2 Å². The zero-order valence-electron chi connectivity index (χ0n) is 11.4. The Labute approximate surface area is 124 Å². The predicted molar refractivity (Wildman–Crippen MR) is 77.8 cm³/mol. The third-order valence-electron chi connectivity index (χ3n) is 3.06. The second-order valence-corrected chi connectivity index (χ2v) is 4.83. The van der Waals surface area contributed by atoms with E-state index in [1.807, 2.05) is 6.92 Å². The monoisotopic (exact) mass is 302 g/mol. The van der Waals surface area contributed by atoms with E-state index < -0.39 is 0 Å². The maximum Gasteiger partial charge on any atom is 0.237 e. The molecule has 0 saturated carbocycles. The zero-order valence-corrected chi connectivity index (χ0v) is 12.2. The number of carbonyl (C=O) groups excluding carboxylic acids is 1. The first-order valence-electron chi connectivity index (χ1n) is 6.57. The van der Waals surface area contributed by atoms with Crippen LogP contribution in [0.5, 0.6) is 5.75 Å². The quantitative estimate of drug-likeness (QED) is 0.873. The number of nitrogens with one attached hydrogen (secondary N) is 2. The fraction of sp³-hybridized carbons (Fsp3) is 0.500. The molecule has 1 aromatic rings. The molecule has 1 aromatic carbocycles. The molecule has 20 heavy (non-hydrogen) atoms. The van der Waals surface area contributed by atoms with Crippen LogP contribution in [-0.4, -0.2) is 31.1 Å². The van der Waals surface area contributed by atoms with Crippen LogP contribution in [0.25, 0.3) is 0 Å². The lowest BCUT2D eigenvalue weighted by Crippen LogP contribution is -2.46. The summed E-state index contributed by atoms with van der Waals surface area (Å²) >= 11 is 0. The minimum absolute atomic E-state index is 0. The van der Waals surface area contributed by atoms with Gasteiger partial charge in [-0.3, -0.25) is 4.79 Å². The standard InChI is InChI=1S/C14H19FN2O2.ClH/c1-10(17-14(18)13-6-3-7-16-13)9-19-12-5-2-4-11(15)8-12;/h2,4-5,8,10,13,16H,3,6-7,9H2,1H3,(H,17,18);1H. The lowest BCUT2D eigenvalue weighted by molar-refractivity contribution is -0.123. The third-order valence-corrected chi connectivity index (χ3v) is 3.06. The van der Waals surface area contributed by atoms with E-state index >= 15 is 0 Å². The van der Waals surface area contributed by atoms with E-state index in [9.17, 15) is 9.18 Å². The number of hydrogen-bond donors (Lipinski definition) is 2. The Bertz CT molecular complexity index is 439. The van der Waals surface area contributed by atoms with E-state index in [1.165, 1.54) is 12.1 Å². The number of benzene rings is 1. The van der Waals surface area contributed by atoms with Crippen LogP contribution < -0.4 is 15.4 Å². The maximum absolute atomic E-state index is 12.9. The van der Waals surface area contributed by atoms with E-state index in [0.717, 1.165) is 19.4 Å². The van der Waals surface area contributed by atoms with Gasteiger partial charge in [0.1, 0.15) is 18.2 Å². The Morgan fingerprint density at radius 3 is 3.05 bits per heavy atom.